The standard InChI is InChI=1S/C13H17BrN2O2/c1-4-8(2)13(18)16-12-7-10(14)5-6-11(12)15-9(3)17/h5-8H,4H2,1-3H3,(H,15,17)(H,16,18)/t8-/m1/s1. The minimum Gasteiger partial charge on any atom is -0.325 e. The number of anilines is 2. The van der Waals surface area contributed by atoms with Gasteiger partial charge in [0.15, 0.2) is 0 Å². The molecule has 1 aromatic carbocycles. The van der Waals surface area contributed by atoms with Crippen LogP contribution < -0.4 is 10.6 Å². The third-order valence-electron chi connectivity index (χ3n) is 2.61. The number of benzene rings is 1. The third-order valence-corrected chi connectivity index (χ3v) is 3.10. The van der Waals surface area contributed by atoms with E-state index in [4.69, 9.17) is 0 Å². The maximum Gasteiger partial charge on any atom is 0.227 e. The molecule has 0 heterocycles. The van der Waals surface area contributed by atoms with Crippen molar-refractivity contribution in [2.24, 2.45) is 5.92 Å². The Morgan fingerprint density at radius 1 is 1.28 bits per heavy atom. The van der Waals surface area contributed by atoms with Gasteiger partial charge in [-0.1, -0.05) is 29.8 Å². The molecule has 5 heteroatoms. The summed E-state index contributed by atoms with van der Waals surface area (Å²) in [5, 5.41) is 5.51. The van der Waals surface area contributed by atoms with Crippen LogP contribution >= 0.6 is 15.9 Å². The normalized spacial score (nSPS) is 11.8. The van der Waals surface area contributed by atoms with Gasteiger partial charge in [0.2, 0.25) is 11.8 Å². The molecule has 0 aliphatic rings. The number of amides is 2. The molecule has 1 aromatic rings. The van der Waals surface area contributed by atoms with Crippen molar-refractivity contribution in [3.8, 4) is 0 Å². The first-order valence-electron chi connectivity index (χ1n) is 5.82. The predicted molar refractivity (Wildman–Crippen MR) is 76.5 cm³/mol. The number of hydrogen-bond donors (Lipinski definition) is 2. The lowest BCUT2D eigenvalue weighted by Crippen LogP contribution is -2.21. The Morgan fingerprint density at radius 3 is 2.50 bits per heavy atom. The highest BCUT2D eigenvalue weighted by atomic mass is 79.9. The van der Waals surface area contributed by atoms with Crippen molar-refractivity contribution in [3.05, 3.63) is 22.7 Å². The van der Waals surface area contributed by atoms with Crippen LogP contribution in [0.15, 0.2) is 22.7 Å². The smallest absolute Gasteiger partial charge is 0.227 e. The molecule has 0 aliphatic heterocycles. The van der Waals surface area contributed by atoms with E-state index < -0.39 is 0 Å². The molecule has 1 atom stereocenters. The van der Waals surface area contributed by atoms with Gasteiger partial charge in [0.25, 0.3) is 0 Å². The summed E-state index contributed by atoms with van der Waals surface area (Å²) in [6, 6.07) is 5.33. The van der Waals surface area contributed by atoms with Crippen LogP contribution in [0.2, 0.25) is 0 Å². The van der Waals surface area contributed by atoms with Crippen LogP contribution in [0, 0.1) is 5.92 Å². The van der Waals surface area contributed by atoms with Gasteiger partial charge < -0.3 is 10.6 Å². The van der Waals surface area contributed by atoms with E-state index in [0.717, 1.165) is 10.9 Å². The van der Waals surface area contributed by atoms with Crippen molar-refractivity contribution in [1.29, 1.82) is 0 Å². The van der Waals surface area contributed by atoms with Gasteiger partial charge in [-0.2, -0.15) is 0 Å². The number of rotatable bonds is 4. The van der Waals surface area contributed by atoms with Crippen LogP contribution in [0.1, 0.15) is 27.2 Å². The van der Waals surface area contributed by atoms with Crippen LogP contribution in [-0.4, -0.2) is 11.8 Å². The van der Waals surface area contributed by atoms with Gasteiger partial charge >= 0.3 is 0 Å². The molecule has 0 aliphatic carbocycles. The van der Waals surface area contributed by atoms with E-state index in [1.165, 1.54) is 6.92 Å². The second-order valence-corrected chi connectivity index (χ2v) is 5.09. The van der Waals surface area contributed by atoms with E-state index in [1.54, 1.807) is 12.1 Å². The fourth-order valence-electron chi connectivity index (χ4n) is 1.36. The highest BCUT2D eigenvalue weighted by Crippen LogP contribution is 2.26. The summed E-state index contributed by atoms with van der Waals surface area (Å²) in [6.45, 7) is 5.26. The predicted octanol–water partition coefficient (Wildman–Crippen LogP) is 3.39. The summed E-state index contributed by atoms with van der Waals surface area (Å²) in [5.41, 5.74) is 1.20. The van der Waals surface area contributed by atoms with Crippen molar-refractivity contribution in [3.63, 3.8) is 0 Å². The van der Waals surface area contributed by atoms with Crippen molar-refractivity contribution >= 4 is 39.1 Å². The molecule has 0 fully saturated rings. The fraction of sp³-hybridized carbons (Fsp3) is 0.385. The molecule has 2 N–H and O–H groups in total. The molecule has 98 valence electrons. The number of carbonyl (C=O) groups excluding carboxylic acids is 2. The van der Waals surface area contributed by atoms with Gasteiger partial charge in [0.05, 0.1) is 11.4 Å². The summed E-state index contributed by atoms with van der Waals surface area (Å²) < 4.78 is 0.844. The highest BCUT2D eigenvalue weighted by molar-refractivity contribution is 9.10. The topological polar surface area (TPSA) is 58.2 Å². The summed E-state index contributed by atoms with van der Waals surface area (Å²) in [7, 11) is 0. The molecule has 0 spiro atoms. The maximum atomic E-state index is 11.9. The van der Waals surface area contributed by atoms with E-state index in [9.17, 15) is 9.59 Å². The van der Waals surface area contributed by atoms with E-state index in [2.05, 4.69) is 26.6 Å². The lowest BCUT2D eigenvalue weighted by atomic mass is 10.1. The zero-order chi connectivity index (χ0) is 13.7. The molecule has 0 saturated heterocycles. The minimum atomic E-state index is -0.170. The van der Waals surface area contributed by atoms with Crippen LogP contribution in [0.3, 0.4) is 0 Å². The Labute approximate surface area is 115 Å². The van der Waals surface area contributed by atoms with Crippen LogP contribution in [0.25, 0.3) is 0 Å². The van der Waals surface area contributed by atoms with E-state index in [1.807, 2.05) is 19.9 Å². The molecular formula is C13H17BrN2O2. The molecule has 1 rings (SSSR count). The molecule has 0 bridgehead atoms. The van der Waals surface area contributed by atoms with E-state index in [-0.39, 0.29) is 17.7 Å². The summed E-state index contributed by atoms with van der Waals surface area (Å²) >= 11 is 3.34. The maximum absolute atomic E-state index is 11.9. The highest BCUT2D eigenvalue weighted by Gasteiger charge is 2.13. The number of halogens is 1. The second-order valence-electron chi connectivity index (χ2n) is 4.17. The zero-order valence-electron chi connectivity index (χ0n) is 10.7. The Kier molecular flexibility index (Phi) is 5.34. The van der Waals surface area contributed by atoms with Gasteiger partial charge in [-0.15, -0.1) is 0 Å². The van der Waals surface area contributed by atoms with Crippen molar-refractivity contribution in [2.45, 2.75) is 27.2 Å². The van der Waals surface area contributed by atoms with Gasteiger partial charge in [-0.25, -0.2) is 0 Å². The van der Waals surface area contributed by atoms with E-state index in [0.29, 0.717) is 11.4 Å². The Morgan fingerprint density at radius 2 is 1.94 bits per heavy atom. The summed E-state index contributed by atoms with van der Waals surface area (Å²) in [6.07, 6.45) is 0.773. The first kappa shape index (κ1) is 14.7. The molecule has 0 unspecified atom stereocenters. The molecule has 2 amide bonds. The Balaban J connectivity index is 2.95. The van der Waals surface area contributed by atoms with Crippen LogP contribution in [-0.2, 0) is 9.59 Å². The molecular weight excluding hydrogens is 296 g/mol. The lowest BCUT2D eigenvalue weighted by molar-refractivity contribution is -0.119. The zero-order valence-corrected chi connectivity index (χ0v) is 12.3. The summed E-state index contributed by atoms with van der Waals surface area (Å²) in [4.78, 5) is 22.9. The Hall–Kier alpha value is -1.36. The molecule has 18 heavy (non-hydrogen) atoms. The molecule has 4 nitrogen and oxygen atoms in total. The van der Waals surface area contributed by atoms with Crippen molar-refractivity contribution < 1.29 is 9.59 Å². The SMILES string of the molecule is CC[C@@H](C)C(=O)Nc1cc(Br)ccc1NC(C)=O. The van der Waals surface area contributed by atoms with Crippen LogP contribution in [0.4, 0.5) is 11.4 Å². The van der Waals surface area contributed by atoms with Gasteiger partial charge in [-0.3, -0.25) is 9.59 Å². The quantitative estimate of drug-likeness (QED) is 0.895. The second kappa shape index (κ2) is 6.54. The lowest BCUT2D eigenvalue weighted by Gasteiger charge is -2.14. The largest absolute Gasteiger partial charge is 0.325 e. The minimum absolute atomic E-state index is 0.0535. The Bertz CT molecular complexity index is 460. The van der Waals surface area contributed by atoms with Gasteiger partial charge in [-0.05, 0) is 24.6 Å². The first-order chi connectivity index (χ1) is 8.43. The van der Waals surface area contributed by atoms with Crippen LogP contribution in [0.5, 0.6) is 0 Å². The molecule has 0 saturated carbocycles. The number of hydrogen-bond acceptors (Lipinski definition) is 2. The molecule has 0 radical (unpaired) electrons. The average molecular weight is 313 g/mol. The third kappa shape index (κ3) is 4.14. The van der Waals surface area contributed by atoms with Crippen molar-refractivity contribution in [1.82, 2.24) is 0 Å². The van der Waals surface area contributed by atoms with Gasteiger partial charge in [0, 0.05) is 17.3 Å². The molecule has 0 aromatic heterocycles. The number of nitrogens with one attached hydrogen (secondary N) is 2. The first-order valence-corrected chi connectivity index (χ1v) is 6.61. The number of carbonyl (C=O) groups is 2. The van der Waals surface area contributed by atoms with Crippen molar-refractivity contribution in [2.75, 3.05) is 10.6 Å². The average Bonchev–Trinajstić information content (AvgIpc) is 2.31. The van der Waals surface area contributed by atoms with Gasteiger partial charge in [0.1, 0.15) is 0 Å². The fourth-order valence-corrected chi connectivity index (χ4v) is 1.72. The van der Waals surface area contributed by atoms with E-state index >= 15 is 0 Å². The summed E-state index contributed by atoms with van der Waals surface area (Å²) in [5.74, 6) is -0.285. The monoisotopic (exact) mass is 312 g/mol.